The zero-order valence-electron chi connectivity index (χ0n) is 10.8. The highest BCUT2D eigenvalue weighted by Gasteiger charge is 2.23. The quantitative estimate of drug-likeness (QED) is 0.837. The third-order valence-electron chi connectivity index (χ3n) is 3.30. The van der Waals surface area contributed by atoms with E-state index in [0.29, 0.717) is 18.0 Å². The van der Waals surface area contributed by atoms with Gasteiger partial charge in [-0.1, -0.05) is 27.7 Å². The maximum absolute atomic E-state index is 11.8. The first kappa shape index (κ1) is 13.5. The molecule has 0 saturated heterocycles. The van der Waals surface area contributed by atoms with Crippen molar-refractivity contribution in [1.82, 2.24) is 10.3 Å². The molecular weight excluding hydrogens is 216 g/mol. The number of carbonyl (C=O) groups is 1. The fourth-order valence-electron chi connectivity index (χ4n) is 1.20. The van der Waals surface area contributed by atoms with E-state index in [-0.39, 0.29) is 16.9 Å². The number of aromatic amines is 1. The topological polar surface area (TPSA) is 62.0 Å². The summed E-state index contributed by atoms with van der Waals surface area (Å²) in [5, 5.41) is 2.86. The molecule has 1 heterocycles. The molecule has 17 heavy (non-hydrogen) atoms. The number of carbonyl (C=O) groups excluding carboxylic acids is 1. The van der Waals surface area contributed by atoms with Crippen LogP contribution in [0.1, 0.15) is 38.1 Å². The summed E-state index contributed by atoms with van der Waals surface area (Å²) < 4.78 is 0. The second-order valence-electron chi connectivity index (χ2n) is 5.27. The van der Waals surface area contributed by atoms with Gasteiger partial charge in [0.25, 0.3) is 5.91 Å². The van der Waals surface area contributed by atoms with Gasteiger partial charge < -0.3 is 10.3 Å². The normalized spacial score (nSPS) is 11.6. The molecule has 0 bridgehead atoms. The molecular formula is C13H20N2O2. The molecule has 1 rings (SSSR count). The molecule has 0 aliphatic rings. The van der Waals surface area contributed by atoms with Gasteiger partial charge in [-0.25, -0.2) is 0 Å². The molecule has 0 atom stereocenters. The van der Waals surface area contributed by atoms with Crippen LogP contribution in [0.25, 0.3) is 0 Å². The van der Waals surface area contributed by atoms with E-state index in [4.69, 9.17) is 0 Å². The van der Waals surface area contributed by atoms with E-state index >= 15 is 0 Å². The van der Waals surface area contributed by atoms with Crippen LogP contribution < -0.4 is 10.9 Å². The van der Waals surface area contributed by atoms with Gasteiger partial charge in [-0.15, -0.1) is 0 Å². The van der Waals surface area contributed by atoms with Crippen molar-refractivity contribution in [2.24, 2.45) is 11.3 Å². The standard InChI is InChI=1S/C13H20N2O2/c1-9(2)13(3,4)8-15-12(17)10-5-6-14-11(16)7-10/h5-7,9H,8H2,1-4H3,(H,14,16)(H,15,17). The first-order valence-corrected chi connectivity index (χ1v) is 5.80. The van der Waals surface area contributed by atoms with Crippen LogP contribution in [0, 0.1) is 11.3 Å². The predicted octanol–water partition coefficient (Wildman–Crippen LogP) is 1.79. The molecule has 0 aliphatic carbocycles. The van der Waals surface area contributed by atoms with Gasteiger partial charge in [0.1, 0.15) is 0 Å². The number of nitrogens with one attached hydrogen (secondary N) is 2. The van der Waals surface area contributed by atoms with E-state index in [1.807, 2.05) is 0 Å². The Morgan fingerprint density at radius 1 is 1.47 bits per heavy atom. The number of aromatic nitrogens is 1. The molecule has 0 radical (unpaired) electrons. The minimum atomic E-state index is -0.263. The smallest absolute Gasteiger partial charge is 0.251 e. The maximum Gasteiger partial charge on any atom is 0.251 e. The van der Waals surface area contributed by atoms with Crippen molar-refractivity contribution in [3.8, 4) is 0 Å². The molecule has 4 nitrogen and oxygen atoms in total. The average molecular weight is 236 g/mol. The molecule has 1 aromatic heterocycles. The lowest BCUT2D eigenvalue weighted by Gasteiger charge is -2.29. The van der Waals surface area contributed by atoms with Crippen molar-refractivity contribution in [1.29, 1.82) is 0 Å². The molecule has 2 N–H and O–H groups in total. The summed E-state index contributed by atoms with van der Waals surface area (Å²) in [7, 11) is 0. The van der Waals surface area contributed by atoms with E-state index in [2.05, 4.69) is 38.0 Å². The molecule has 0 saturated carbocycles. The van der Waals surface area contributed by atoms with Crippen molar-refractivity contribution in [3.63, 3.8) is 0 Å². The number of rotatable bonds is 4. The van der Waals surface area contributed by atoms with Crippen LogP contribution in [0.15, 0.2) is 23.1 Å². The fraction of sp³-hybridized carbons (Fsp3) is 0.538. The minimum absolute atomic E-state index is 0.0386. The Bertz CT molecular complexity index is 447. The third-order valence-corrected chi connectivity index (χ3v) is 3.30. The maximum atomic E-state index is 11.8. The Hall–Kier alpha value is -1.58. The van der Waals surface area contributed by atoms with Gasteiger partial charge in [-0.05, 0) is 17.4 Å². The second-order valence-corrected chi connectivity index (χ2v) is 5.27. The Morgan fingerprint density at radius 2 is 2.12 bits per heavy atom. The van der Waals surface area contributed by atoms with Gasteiger partial charge in [0.15, 0.2) is 0 Å². The first-order chi connectivity index (χ1) is 7.83. The first-order valence-electron chi connectivity index (χ1n) is 5.80. The number of amides is 1. The Morgan fingerprint density at radius 3 is 2.65 bits per heavy atom. The Labute approximate surface area is 101 Å². The molecule has 0 fully saturated rings. The van der Waals surface area contributed by atoms with Gasteiger partial charge in [-0.2, -0.15) is 0 Å². The van der Waals surface area contributed by atoms with Crippen molar-refractivity contribution in [2.75, 3.05) is 6.54 Å². The molecule has 0 spiro atoms. The summed E-state index contributed by atoms with van der Waals surface area (Å²) in [6, 6.07) is 2.90. The molecule has 94 valence electrons. The number of hydrogen-bond donors (Lipinski definition) is 2. The second kappa shape index (κ2) is 5.17. The Kier molecular flexibility index (Phi) is 4.10. The highest BCUT2D eigenvalue weighted by molar-refractivity contribution is 5.93. The molecule has 1 amide bonds. The lowest BCUT2D eigenvalue weighted by molar-refractivity contribution is 0.0924. The third kappa shape index (κ3) is 3.73. The van der Waals surface area contributed by atoms with Crippen LogP contribution in [0.4, 0.5) is 0 Å². The van der Waals surface area contributed by atoms with Gasteiger partial charge in [0, 0.05) is 24.4 Å². The van der Waals surface area contributed by atoms with E-state index in [1.54, 1.807) is 6.07 Å². The average Bonchev–Trinajstić information content (AvgIpc) is 2.25. The molecule has 0 unspecified atom stereocenters. The lowest BCUT2D eigenvalue weighted by atomic mass is 9.81. The zero-order chi connectivity index (χ0) is 13.1. The molecule has 0 aromatic carbocycles. The SMILES string of the molecule is CC(C)C(C)(C)CNC(=O)c1cc[nH]c(=O)c1. The number of hydrogen-bond acceptors (Lipinski definition) is 2. The highest BCUT2D eigenvalue weighted by Crippen LogP contribution is 2.24. The van der Waals surface area contributed by atoms with Gasteiger partial charge in [-0.3, -0.25) is 9.59 Å². The van der Waals surface area contributed by atoms with Crippen LogP contribution in [0.2, 0.25) is 0 Å². The van der Waals surface area contributed by atoms with Crippen LogP contribution in [0.3, 0.4) is 0 Å². The van der Waals surface area contributed by atoms with E-state index in [9.17, 15) is 9.59 Å². The summed E-state index contributed by atoms with van der Waals surface area (Å²) in [6.07, 6.45) is 1.48. The molecule has 4 heteroatoms. The summed E-state index contributed by atoms with van der Waals surface area (Å²) in [6.45, 7) is 9.06. The summed E-state index contributed by atoms with van der Waals surface area (Å²) in [5.74, 6) is 0.270. The largest absolute Gasteiger partial charge is 0.351 e. The summed E-state index contributed by atoms with van der Waals surface area (Å²) >= 11 is 0. The van der Waals surface area contributed by atoms with Crippen LogP contribution in [-0.4, -0.2) is 17.4 Å². The van der Waals surface area contributed by atoms with Crippen molar-refractivity contribution >= 4 is 5.91 Å². The van der Waals surface area contributed by atoms with Crippen molar-refractivity contribution < 1.29 is 4.79 Å². The van der Waals surface area contributed by atoms with Crippen LogP contribution in [-0.2, 0) is 0 Å². The van der Waals surface area contributed by atoms with Gasteiger partial charge in [0.05, 0.1) is 0 Å². The lowest BCUT2D eigenvalue weighted by Crippen LogP contribution is -2.37. The highest BCUT2D eigenvalue weighted by atomic mass is 16.2. The van der Waals surface area contributed by atoms with Crippen molar-refractivity contribution in [3.05, 3.63) is 34.2 Å². The summed E-state index contributed by atoms with van der Waals surface area (Å²) in [5.41, 5.74) is 0.172. The van der Waals surface area contributed by atoms with E-state index in [1.165, 1.54) is 12.3 Å². The van der Waals surface area contributed by atoms with E-state index < -0.39 is 0 Å². The Balaban J connectivity index is 2.65. The van der Waals surface area contributed by atoms with Gasteiger partial charge in [0.2, 0.25) is 5.56 Å². The molecule has 1 aromatic rings. The monoisotopic (exact) mass is 236 g/mol. The van der Waals surface area contributed by atoms with Gasteiger partial charge >= 0.3 is 0 Å². The minimum Gasteiger partial charge on any atom is -0.351 e. The zero-order valence-corrected chi connectivity index (χ0v) is 10.8. The number of pyridine rings is 1. The number of H-pyrrole nitrogens is 1. The van der Waals surface area contributed by atoms with Crippen LogP contribution in [0.5, 0.6) is 0 Å². The predicted molar refractivity (Wildman–Crippen MR) is 68.0 cm³/mol. The molecule has 0 aliphatic heterocycles. The fourth-order valence-corrected chi connectivity index (χ4v) is 1.20. The van der Waals surface area contributed by atoms with E-state index in [0.717, 1.165) is 0 Å². The van der Waals surface area contributed by atoms with Crippen LogP contribution >= 0.6 is 0 Å². The van der Waals surface area contributed by atoms with Crippen molar-refractivity contribution in [2.45, 2.75) is 27.7 Å². The summed E-state index contributed by atoms with van der Waals surface area (Å²) in [4.78, 5) is 25.4.